The van der Waals surface area contributed by atoms with E-state index in [0.29, 0.717) is 27.0 Å². The number of rotatable bonds is 3. The van der Waals surface area contributed by atoms with Crippen molar-refractivity contribution in [3.05, 3.63) is 22.2 Å². The Labute approximate surface area is 136 Å². The van der Waals surface area contributed by atoms with Crippen LogP contribution in [0.3, 0.4) is 0 Å². The van der Waals surface area contributed by atoms with Gasteiger partial charge in [0.25, 0.3) is 0 Å². The molecule has 1 saturated heterocycles. The molecule has 2 aromatic rings. The third-order valence-corrected chi connectivity index (χ3v) is 4.45. The number of hydrogen-bond donors (Lipinski definition) is 4. The molecule has 1 aromatic carbocycles. The van der Waals surface area contributed by atoms with Gasteiger partial charge in [-0.25, -0.2) is 4.98 Å². The SMILES string of the molecule is CNc1nc2cc(Cl)c(Cl)cc2n1[C@@H]1O[C@@H](CO)[C@@H](O)[C@H]1O. The van der Waals surface area contributed by atoms with E-state index in [1.807, 2.05) is 0 Å². The van der Waals surface area contributed by atoms with Crippen LogP contribution < -0.4 is 5.32 Å². The fourth-order valence-corrected chi connectivity index (χ4v) is 2.93. The molecule has 1 aliphatic rings. The van der Waals surface area contributed by atoms with Crippen LogP contribution in [0.15, 0.2) is 12.1 Å². The van der Waals surface area contributed by atoms with Crippen LogP contribution in [-0.4, -0.2) is 56.8 Å². The second-order valence-corrected chi connectivity index (χ2v) is 5.85. The lowest BCUT2D eigenvalue weighted by molar-refractivity contribution is -0.0499. The predicted octanol–water partition coefficient (Wildman–Crippen LogP) is 0.996. The van der Waals surface area contributed by atoms with Crippen LogP contribution in [0.4, 0.5) is 5.95 Å². The number of aliphatic hydroxyl groups is 3. The topological polar surface area (TPSA) is 99.8 Å². The lowest BCUT2D eigenvalue weighted by Gasteiger charge is -2.19. The Morgan fingerprint density at radius 3 is 2.55 bits per heavy atom. The Morgan fingerprint density at radius 1 is 1.27 bits per heavy atom. The maximum atomic E-state index is 10.2. The molecule has 9 heteroatoms. The molecule has 0 aliphatic carbocycles. The second kappa shape index (κ2) is 5.84. The Morgan fingerprint density at radius 2 is 1.95 bits per heavy atom. The Hall–Kier alpha value is -1.09. The largest absolute Gasteiger partial charge is 0.394 e. The van der Waals surface area contributed by atoms with Gasteiger partial charge < -0.3 is 25.4 Å². The number of nitrogens with zero attached hydrogens (tertiary/aromatic N) is 2. The Bertz CT molecular complexity index is 708. The van der Waals surface area contributed by atoms with E-state index in [-0.39, 0.29) is 0 Å². The van der Waals surface area contributed by atoms with Gasteiger partial charge in [0.1, 0.15) is 18.3 Å². The molecule has 0 amide bonds. The summed E-state index contributed by atoms with van der Waals surface area (Å²) in [6.07, 6.45) is -4.18. The normalized spacial score (nSPS) is 28.5. The number of ether oxygens (including phenoxy) is 1. The van der Waals surface area contributed by atoms with Gasteiger partial charge in [-0.05, 0) is 12.1 Å². The monoisotopic (exact) mass is 347 g/mol. The molecule has 0 unspecified atom stereocenters. The van der Waals surface area contributed by atoms with Crippen LogP contribution in [0, 0.1) is 0 Å². The summed E-state index contributed by atoms with van der Waals surface area (Å²) in [5, 5.41) is 33.0. The van der Waals surface area contributed by atoms with Crippen molar-refractivity contribution < 1.29 is 20.1 Å². The van der Waals surface area contributed by atoms with Crippen LogP contribution in [-0.2, 0) is 4.74 Å². The molecule has 4 N–H and O–H groups in total. The molecule has 0 spiro atoms. The summed E-state index contributed by atoms with van der Waals surface area (Å²) in [4.78, 5) is 4.36. The third kappa shape index (κ3) is 2.34. The quantitative estimate of drug-likeness (QED) is 0.660. The maximum Gasteiger partial charge on any atom is 0.205 e. The number of imidazole rings is 1. The Kier molecular flexibility index (Phi) is 4.19. The molecular weight excluding hydrogens is 333 g/mol. The van der Waals surface area contributed by atoms with E-state index in [2.05, 4.69) is 10.3 Å². The second-order valence-electron chi connectivity index (χ2n) is 5.04. The molecule has 4 atom stereocenters. The highest BCUT2D eigenvalue weighted by atomic mass is 35.5. The highest BCUT2D eigenvalue weighted by Gasteiger charge is 2.44. The zero-order valence-corrected chi connectivity index (χ0v) is 13.1. The van der Waals surface area contributed by atoms with E-state index in [0.717, 1.165) is 0 Å². The van der Waals surface area contributed by atoms with Crippen molar-refractivity contribution in [3.63, 3.8) is 0 Å². The first-order valence-corrected chi connectivity index (χ1v) is 7.40. The molecule has 7 nitrogen and oxygen atoms in total. The predicted molar refractivity (Wildman–Crippen MR) is 82.3 cm³/mol. The zero-order valence-electron chi connectivity index (χ0n) is 11.6. The van der Waals surface area contributed by atoms with Gasteiger partial charge in [0, 0.05) is 7.05 Å². The van der Waals surface area contributed by atoms with Gasteiger partial charge in [-0.1, -0.05) is 23.2 Å². The van der Waals surface area contributed by atoms with E-state index in [1.165, 1.54) is 0 Å². The average molecular weight is 348 g/mol. The minimum absolute atomic E-state index is 0.338. The summed E-state index contributed by atoms with van der Waals surface area (Å²) in [6.45, 7) is -0.400. The van der Waals surface area contributed by atoms with Crippen LogP contribution in [0.1, 0.15) is 6.23 Å². The molecule has 3 rings (SSSR count). The van der Waals surface area contributed by atoms with E-state index in [4.69, 9.17) is 27.9 Å². The molecule has 0 saturated carbocycles. The summed E-state index contributed by atoms with van der Waals surface area (Å²) in [5.41, 5.74) is 1.16. The smallest absolute Gasteiger partial charge is 0.205 e. The number of benzene rings is 1. The summed E-state index contributed by atoms with van der Waals surface area (Å²) in [6, 6.07) is 3.22. The first kappa shape index (κ1) is 15.8. The molecule has 1 aliphatic heterocycles. The van der Waals surface area contributed by atoms with Gasteiger partial charge in [0.05, 0.1) is 27.7 Å². The number of hydrogen-bond acceptors (Lipinski definition) is 6. The maximum absolute atomic E-state index is 10.2. The van der Waals surface area contributed by atoms with Crippen molar-refractivity contribution in [2.75, 3.05) is 19.0 Å². The van der Waals surface area contributed by atoms with Crippen molar-refractivity contribution in [1.82, 2.24) is 9.55 Å². The van der Waals surface area contributed by atoms with E-state index in [1.54, 1.807) is 23.7 Å². The number of anilines is 1. The van der Waals surface area contributed by atoms with Crippen molar-refractivity contribution in [3.8, 4) is 0 Å². The summed E-state index contributed by atoms with van der Waals surface area (Å²) < 4.78 is 7.14. The highest BCUT2D eigenvalue weighted by Crippen LogP contribution is 2.37. The molecule has 22 heavy (non-hydrogen) atoms. The van der Waals surface area contributed by atoms with Gasteiger partial charge in [0.15, 0.2) is 6.23 Å². The number of halogens is 2. The molecular formula is C13H15Cl2N3O4. The van der Waals surface area contributed by atoms with Crippen LogP contribution in [0.5, 0.6) is 0 Å². The minimum Gasteiger partial charge on any atom is -0.394 e. The molecule has 1 fully saturated rings. The first-order valence-electron chi connectivity index (χ1n) is 6.65. The number of nitrogens with one attached hydrogen (secondary N) is 1. The number of aliphatic hydroxyl groups excluding tert-OH is 3. The lowest BCUT2D eigenvalue weighted by Crippen LogP contribution is -2.33. The van der Waals surface area contributed by atoms with Crippen molar-refractivity contribution in [2.24, 2.45) is 0 Å². The van der Waals surface area contributed by atoms with Gasteiger partial charge in [-0.15, -0.1) is 0 Å². The van der Waals surface area contributed by atoms with E-state index in [9.17, 15) is 15.3 Å². The van der Waals surface area contributed by atoms with Gasteiger partial charge >= 0.3 is 0 Å². The van der Waals surface area contributed by atoms with Crippen molar-refractivity contribution in [1.29, 1.82) is 0 Å². The molecule has 0 radical (unpaired) electrons. The number of fused-ring (bicyclic) bond motifs is 1. The minimum atomic E-state index is -1.21. The zero-order chi connectivity index (χ0) is 16.0. The van der Waals surface area contributed by atoms with Gasteiger partial charge in [-0.2, -0.15) is 0 Å². The summed E-state index contributed by atoms with van der Waals surface area (Å²) in [7, 11) is 1.67. The molecule has 0 bridgehead atoms. The average Bonchev–Trinajstić information content (AvgIpc) is 2.98. The first-order chi connectivity index (χ1) is 10.5. The van der Waals surface area contributed by atoms with Crippen molar-refractivity contribution in [2.45, 2.75) is 24.5 Å². The fraction of sp³-hybridized carbons (Fsp3) is 0.462. The third-order valence-electron chi connectivity index (χ3n) is 3.73. The van der Waals surface area contributed by atoms with Crippen molar-refractivity contribution >= 4 is 40.2 Å². The molecule has 2 heterocycles. The fourth-order valence-electron chi connectivity index (χ4n) is 2.62. The molecule has 120 valence electrons. The van der Waals surface area contributed by atoms with E-state index >= 15 is 0 Å². The number of aromatic nitrogens is 2. The van der Waals surface area contributed by atoms with Crippen LogP contribution in [0.2, 0.25) is 10.0 Å². The van der Waals surface area contributed by atoms with Gasteiger partial charge in [-0.3, -0.25) is 4.57 Å². The summed E-state index contributed by atoms with van der Waals surface area (Å²) >= 11 is 12.0. The van der Waals surface area contributed by atoms with Gasteiger partial charge in [0.2, 0.25) is 5.95 Å². The summed E-state index contributed by atoms with van der Waals surface area (Å²) in [5.74, 6) is 0.420. The molecule has 1 aromatic heterocycles. The Balaban J connectivity index is 2.15. The highest BCUT2D eigenvalue weighted by molar-refractivity contribution is 6.42. The van der Waals surface area contributed by atoms with Crippen LogP contribution in [0.25, 0.3) is 11.0 Å². The van der Waals surface area contributed by atoms with E-state index < -0.39 is 31.1 Å². The lowest BCUT2D eigenvalue weighted by atomic mass is 10.1. The standard InChI is InChI=1S/C13H15Cl2N3O4/c1-16-13-17-7-2-5(14)6(15)3-8(7)18(13)12-11(21)10(20)9(4-19)22-12/h2-3,9-12,19-21H,4H2,1H3,(H,16,17)/t9-,10+,11+,12+/m0/s1. The van der Waals surface area contributed by atoms with Crippen LogP contribution >= 0.6 is 23.2 Å².